The molecule has 0 bridgehead atoms. The Balaban J connectivity index is 2.14. The number of nitrogens with zero attached hydrogens (tertiary/aromatic N) is 2. The van der Waals surface area contributed by atoms with Crippen molar-refractivity contribution in [2.45, 2.75) is 70.0 Å². The highest BCUT2D eigenvalue weighted by molar-refractivity contribution is 7.89. The van der Waals surface area contributed by atoms with E-state index in [2.05, 4.69) is 5.32 Å². The number of nitrogens with one attached hydrogen (secondary N) is 1. The van der Waals surface area contributed by atoms with Crippen molar-refractivity contribution in [2.75, 3.05) is 20.7 Å². The van der Waals surface area contributed by atoms with Gasteiger partial charge < -0.3 is 15.0 Å². The van der Waals surface area contributed by atoms with Crippen molar-refractivity contribution in [3.63, 3.8) is 0 Å². The lowest BCUT2D eigenvalue weighted by atomic mass is 10.1. The van der Waals surface area contributed by atoms with Gasteiger partial charge in [-0.2, -0.15) is 0 Å². The molecule has 0 unspecified atom stereocenters. The Kier molecular flexibility index (Phi) is 11.4. The van der Waals surface area contributed by atoms with Gasteiger partial charge in [-0.3, -0.25) is 9.59 Å². The van der Waals surface area contributed by atoms with Crippen LogP contribution >= 0.6 is 0 Å². The zero-order chi connectivity index (χ0) is 26.7. The Bertz CT molecular complexity index is 1070. The van der Waals surface area contributed by atoms with E-state index in [1.807, 2.05) is 45.0 Å². The van der Waals surface area contributed by atoms with Crippen LogP contribution in [0.3, 0.4) is 0 Å². The van der Waals surface area contributed by atoms with E-state index in [1.165, 1.54) is 11.4 Å². The van der Waals surface area contributed by atoms with E-state index in [1.54, 1.807) is 42.3 Å². The number of carbonyl (C=O) groups is 2. The van der Waals surface area contributed by atoms with Crippen LogP contribution in [-0.2, 0) is 26.2 Å². The fraction of sp³-hybridized carbons (Fsp3) is 0.481. The van der Waals surface area contributed by atoms with Crippen LogP contribution in [0.2, 0.25) is 0 Å². The molecule has 0 aliphatic carbocycles. The van der Waals surface area contributed by atoms with E-state index in [4.69, 9.17) is 4.74 Å². The molecule has 1 N–H and O–H groups in total. The second-order valence-electron chi connectivity index (χ2n) is 8.85. The molecule has 8 nitrogen and oxygen atoms in total. The van der Waals surface area contributed by atoms with Gasteiger partial charge in [0.05, 0.1) is 12.0 Å². The highest BCUT2D eigenvalue weighted by Gasteiger charge is 2.29. The number of hydrogen-bond acceptors (Lipinski definition) is 5. The number of sulfonamides is 1. The highest BCUT2D eigenvalue weighted by Crippen LogP contribution is 2.19. The maximum Gasteiger partial charge on any atom is 0.243 e. The van der Waals surface area contributed by atoms with Gasteiger partial charge in [0.2, 0.25) is 21.8 Å². The highest BCUT2D eigenvalue weighted by atomic mass is 32.2. The zero-order valence-electron chi connectivity index (χ0n) is 21.9. The fourth-order valence-electron chi connectivity index (χ4n) is 3.78. The molecule has 2 atom stereocenters. The molecule has 0 spiro atoms. The summed E-state index contributed by atoms with van der Waals surface area (Å²) in [6, 6.07) is 15.0. The minimum absolute atomic E-state index is 0.00123. The average Bonchev–Trinajstić information content (AvgIpc) is 2.89. The third kappa shape index (κ3) is 8.06. The predicted molar refractivity (Wildman–Crippen MR) is 141 cm³/mol. The number of hydrogen-bond donors (Lipinski definition) is 1. The smallest absolute Gasteiger partial charge is 0.243 e. The first kappa shape index (κ1) is 29.3. The van der Waals surface area contributed by atoms with E-state index < -0.39 is 16.1 Å². The lowest BCUT2D eigenvalue weighted by molar-refractivity contribution is -0.141. The molecule has 2 aromatic rings. The molecule has 0 radical (unpaired) electrons. The topological polar surface area (TPSA) is 96.0 Å². The van der Waals surface area contributed by atoms with E-state index in [0.29, 0.717) is 18.6 Å². The maximum absolute atomic E-state index is 13.4. The van der Waals surface area contributed by atoms with Gasteiger partial charge in [-0.05, 0) is 56.0 Å². The van der Waals surface area contributed by atoms with Crippen LogP contribution in [-0.4, -0.2) is 62.2 Å². The molecule has 0 fully saturated rings. The van der Waals surface area contributed by atoms with E-state index in [9.17, 15) is 18.0 Å². The number of carbonyl (C=O) groups excluding carboxylic acids is 2. The Hall–Kier alpha value is -2.91. The van der Waals surface area contributed by atoms with Crippen LogP contribution in [0.1, 0.15) is 52.0 Å². The Morgan fingerprint density at radius 1 is 1.00 bits per heavy atom. The zero-order valence-corrected chi connectivity index (χ0v) is 22.8. The number of ether oxygens (including phenoxy) is 1. The summed E-state index contributed by atoms with van der Waals surface area (Å²) in [7, 11) is -0.531. The Labute approximate surface area is 215 Å². The number of methoxy groups -OCH3 is 1. The standard InChI is InChI=1S/C27H39N3O5S/c1-6-21(3)28-27(32)25(7-2)30(20-22-15-17-23(35-5)18-16-22)26(31)14-11-19-29(4)36(33,34)24-12-9-8-10-13-24/h8-10,12-13,15-18,21,25H,6-7,11,14,19-20H2,1-5H3,(H,28,32)/t21-,25+/m0/s1. The summed E-state index contributed by atoms with van der Waals surface area (Å²) in [5.74, 6) is 0.334. The molecule has 198 valence electrons. The number of rotatable bonds is 14. The van der Waals surface area contributed by atoms with Crippen molar-refractivity contribution in [1.29, 1.82) is 0 Å². The molecular formula is C27H39N3O5S. The molecule has 9 heteroatoms. The molecule has 0 aliphatic rings. The van der Waals surface area contributed by atoms with Gasteiger partial charge >= 0.3 is 0 Å². The minimum Gasteiger partial charge on any atom is -0.497 e. The molecule has 2 aromatic carbocycles. The summed E-state index contributed by atoms with van der Waals surface area (Å²) >= 11 is 0. The third-order valence-corrected chi connectivity index (χ3v) is 8.09. The second kappa shape index (κ2) is 14.0. The molecule has 0 saturated carbocycles. The molecule has 2 amide bonds. The van der Waals surface area contributed by atoms with Gasteiger partial charge in [-0.15, -0.1) is 0 Å². The summed E-state index contributed by atoms with van der Waals surface area (Å²) in [6.45, 7) is 6.27. The number of amides is 2. The summed E-state index contributed by atoms with van der Waals surface area (Å²) in [5.41, 5.74) is 0.878. The van der Waals surface area contributed by atoms with Gasteiger partial charge in [0.25, 0.3) is 0 Å². The summed E-state index contributed by atoms with van der Waals surface area (Å²) in [6.07, 6.45) is 1.71. The lowest BCUT2D eigenvalue weighted by Crippen LogP contribution is -2.50. The molecule has 0 aliphatic heterocycles. The van der Waals surface area contributed by atoms with Crippen molar-refractivity contribution in [2.24, 2.45) is 0 Å². The monoisotopic (exact) mass is 517 g/mol. The summed E-state index contributed by atoms with van der Waals surface area (Å²) < 4.78 is 32.0. The van der Waals surface area contributed by atoms with Gasteiger partial charge in [0.1, 0.15) is 11.8 Å². The van der Waals surface area contributed by atoms with Crippen LogP contribution in [0.4, 0.5) is 0 Å². The Morgan fingerprint density at radius 3 is 2.19 bits per heavy atom. The normalized spacial score (nSPS) is 13.2. The third-order valence-electron chi connectivity index (χ3n) is 6.21. The first-order valence-electron chi connectivity index (χ1n) is 12.4. The van der Waals surface area contributed by atoms with Gasteiger partial charge in [0, 0.05) is 32.6 Å². The van der Waals surface area contributed by atoms with Gasteiger partial charge in [0.15, 0.2) is 0 Å². The fourth-order valence-corrected chi connectivity index (χ4v) is 5.01. The first-order valence-corrected chi connectivity index (χ1v) is 13.8. The molecule has 0 aromatic heterocycles. The molecule has 2 rings (SSSR count). The molecule has 36 heavy (non-hydrogen) atoms. The quantitative estimate of drug-likeness (QED) is 0.411. The SMILES string of the molecule is CC[C@H](C(=O)N[C@@H](C)CC)N(Cc1ccc(OC)cc1)C(=O)CCCN(C)S(=O)(=O)c1ccccc1. The van der Waals surface area contributed by atoms with Crippen molar-refractivity contribution < 1.29 is 22.7 Å². The van der Waals surface area contributed by atoms with Gasteiger partial charge in [-0.25, -0.2) is 12.7 Å². The van der Waals surface area contributed by atoms with Crippen LogP contribution in [0, 0.1) is 0 Å². The van der Waals surface area contributed by atoms with E-state index in [0.717, 1.165) is 12.0 Å². The lowest BCUT2D eigenvalue weighted by Gasteiger charge is -2.31. The van der Waals surface area contributed by atoms with Crippen LogP contribution in [0.15, 0.2) is 59.5 Å². The summed E-state index contributed by atoms with van der Waals surface area (Å²) in [4.78, 5) is 28.2. The van der Waals surface area contributed by atoms with Crippen molar-refractivity contribution >= 4 is 21.8 Å². The van der Waals surface area contributed by atoms with Crippen molar-refractivity contribution in [3.05, 3.63) is 60.2 Å². The van der Waals surface area contributed by atoms with Crippen molar-refractivity contribution in [3.8, 4) is 5.75 Å². The second-order valence-corrected chi connectivity index (χ2v) is 10.9. The predicted octanol–water partition coefficient (Wildman–Crippen LogP) is 3.82. The van der Waals surface area contributed by atoms with Gasteiger partial charge in [-0.1, -0.05) is 44.2 Å². The maximum atomic E-state index is 13.4. The average molecular weight is 518 g/mol. The van der Waals surface area contributed by atoms with E-state index in [-0.39, 0.29) is 42.3 Å². The first-order chi connectivity index (χ1) is 17.1. The molecular weight excluding hydrogens is 478 g/mol. The van der Waals surface area contributed by atoms with Crippen LogP contribution in [0.25, 0.3) is 0 Å². The Morgan fingerprint density at radius 2 is 1.64 bits per heavy atom. The van der Waals surface area contributed by atoms with Crippen LogP contribution < -0.4 is 10.1 Å². The number of benzene rings is 2. The molecule has 0 heterocycles. The largest absolute Gasteiger partial charge is 0.497 e. The van der Waals surface area contributed by atoms with Crippen molar-refractivity contribution in [1.82, 2.24) is 14.5 Å². The summed E-state index contributed by atoms with van der Waals surface area (Å²) in [5, 5.41) is 2.99. The van der Waals surface area contributed by atoms with Crippen LogP contribution in [0.5, 0.6) is 5.75 Å². The molecule has 0 saturated heterocycles. The minimum atomic E-state index is -3.63. The van der Waals surface area contributed by atoms with E-state index >= 15 is 0 Å².